The van der Waals surface area contributed by atoms with E-state index in [-0.39, 0.29) is 12.7 Å². The molecule has 5 aromatic rings. The predicted octanol–water partition coefficient (Wildman–Crippen LogP) is 6.56. The highest BCUT2D eigenvalue weighted by molar-refractivity contribution is 8.16. The molecule has 0 fully saturated rings. The normalized spacial score (nSPS) is 15.8. The monoisotopic (exact) mass is 589 g/mol. The summed E-state index contributed by atoms with van der Waals surface area (Å²) in [5, 5.41) is 0. The third-order valence-corrected chi connectivity index (χ3v) is 11.8. The molecule has 0 saturated heterocycles. The standard InChI is InChI=1S/C39H37B2NOS/c1-23(2)26-21-29(24(3)4)37(30(22-26)25(5)6)40-31-14-8-10-16-34(31)42-35-17-11-9-15-32(35)41-38-28(19-20-33(40)39(38)42)27-13-7-12-18-36(27)44(41)43/h7-25H,1-6H3. The van der Waals surface area contributed by atoms with E-state index in [1.807, 2.05) is 6.07 Å². The number of hydrogen-bond acceptors (Lipinski definition) is 2. The van der Waals surface area contributed by atoms with Crippen LogP contribution in [0.1, 0.15) is 76.0 Å². The first-order chi connectivity index (χ1) is 21.3. The number of anilines is 3. The van der Waals surface area contributed by atoms with Gasteiger partial charge in [0.25, 0.3) is 0 Å². The summed E-state index contributed by atoms with van der Waals surface area (Å²) in [4.78, 5) is 3.43. The molecule has 0 spiro atoms. The van der Waals surface area contributed by atoms with E-state index in [4.69, 9.17) is 0 Å². The van der Waals surface area contributed by atoms with E-state index >= 15 is 0 Å². The van der Waals surface area contributed by atoms with Crippen molar-refractivity contribution >= 4 is 67.7 Å². The van der Waals surface area contributed by atoms with Gasteiger partial charge in [0.15, 0.2) is 0 Å². The molecular formula is C39H37B2NOS. The molecule has 5 heteroatoms. The average Bonchev–Trinajstić information content (AvgIpc) is 3.03. The average molecular weight is 589 g/mol. The summed E-state index contributed by atoms with van der Waals surface area (Å²) in [5.74, 6) is 1.03. The van der Waals surface area contributed by atoms with Gasteiger partial charge in [-0.3, -0.25) is 4.21 Å². The molecule has 0 radical (unpaired) electrons. The predicted molar refractivity (Wildman–Crippen MR) is 191 cm³/mol. The number of fused-ring (bicyclic) bond motifs is 7. The quantitative estimate of drug-likeness (QED) is 0.217. The zero-order chi connectivity index (χ0) is 30.4. The van der Waals surface area contributed by atoms with Crippen LogP contribution in [0.25, 0.3) is 11.1 Å². The Morgan fingerprint density at radius 2 is 1.18 bits per heavy atom. The number of para-hydroxylation sites is 2. The summed E-state index contributed by atoms with van der Waals surface area (Å²) in [5.41, 5.74) is 16.7. The molecular weight excluding hydrogens is 552 g/mol. The van der Waals surface area contributed by atoms with Crippen LogP contribution in [0, 0.1) is 0 Å². The van der Waals surface area contributed by atoms with Crippen molar-refractivity contribution < 1.29 is 4.21 Å². The van der Waals surface area contributed by atoms with Crippen molar-refractivity contribution in [1.82, 2.24) is 0 Å². The molecule has 5 aromatic carbocycles. The Morgan fingerprint density at radius 3 is 1.84 bits per heavy atom. The van der Waals surface area contributed by atoms with Gasteiger partial charge >= 0.3 is 5.99 Å². The number of rotatable bonds is 4. The molecule has 216 valence electrons. The van der Waals surface area contributed by atoms with Crippen LogP contribution in [0.5, 0.6) is 0 Å². The minimum atomic E-state index is -1.21. The Hall–Kier alpha value is -3.82. The van der Waals surface area contributed by atoms with Crippen molar-refractivity contribution in [2.24, 2.45) is 0 Å². The van der Waals surface area contributed by atoms with Gasteiger partial charge in [0.1, 0.15) is 0 Å². The highest BCUT2D eigenvalue weighted by Crippen LogP contribution is 2.43. The molecule has 3 aliphatic rings. The Labute approximate surface area is 265 Å². The first-order valence-corrected chi connectivity index (χ1v) is 17.3. The lowest BCUT2D eigenvalue weighted by Crippen LogP contribution is -2.65. The lowest BCUT2D eigenvalue weighted by molar-refractivity contribution is 0.690. The van der Waals surface area contributed by atoms with E-state index in [0.717, 1.165) is 21.6 Å². The summed E-state index contributed by atoms with van der Waals surface area (Å²) in [7, 11) is -1.21. The van der Waals surface area contributed by atoms with Gasteiger partial charge < -0.3 is 4.90 Å². The fraction of sp³-hybridized carbons (Fsp3) is 0.231. The van der Waals surface area contributed by atoms with Crippen molar-refractivity contribution in [2.75, 3.05) is 4.90 Å². The minimum absolute atomic E-state index is 0.0790. The molecule has 0 aliphatic carbocycles. The van der Waals surface area contributed by atoms with Crippen LogP contribution in [0.2, 0.25) is 0 Å². The van der Waals surface area contributed by atoms with Gasteiger partial charge in [-0.15, -0.1) is 0 Å². The highest BCUT2D eigenvalue weighted by Gasteiger charge is 2.49. The fourth-order valence-electron chi connectivity index (χ4n) is 8.02. The maximum atomic E-state index is 14.6. The van der Waals surface area contributed by atoms with Crippen molar-refractivity contribution in [3.05, 3.63) is 114 Å². The van der Waals surface area contributed by atoms with Gasteiger partial charge in [-0.1, -0.05) is 126 Å². The molecule has 44 heavy (non-hydrogen) atoms. The lowest BCUT2D eigenvalue weighted by Gasteiger charge is -2.45. The molecule has 1 atom stereocenters. The maximum absolute atomic E-state index is 14.6. The van der Waals surface area contributed by atoms with Gasteiger partial charge in [0.2, 0.25) is 6.71 Å². The van der Waals surface area contributed by atoms with Crippen molar-refractivity contribution in [1.29, 1.82) is 0 Å². The number of benzene rings is 5. The smallest absolute Gasteiger partial charge is 0.312 e. The first kappa shape index (κ1) is 27.7. The van der Waals surface area contributed by atoms with E-state index in [2.05, 4.69) is 137 Å². The molecule has 2 nitrogen and oxygen atoms in total. The molecule has 3 aliphatic heterocycles. The van der Waals surface area contributed by atoms with Crippen molar-refractivity contribution in [3.8, 4) is 11.1 Å². The third-order valence-electron chi connectivity index (χ3n) is 10.1. The molecule has 8 rings (SSSR count). The van der Waals surface area contributed by atoms with Crippen LogP contribution < -0.4 is 32.2 Å². The molecule has 1 unspecified atom stereocenters. The van der Waals surface area contributed by atoms with Crippen LogP contribution in [0.15, 0.2) is 102 Å². The van der Waals surface area contributed by atoms with E-state index in [1.165, 1.54) is 55.5 Å². The molecule has 3 heterocycles. The lowest BCUT2D eigenvalue weighted by atomic mass is 9.32. The largest absolute Gasteiger partial charge is 0.328 e. The summed E-state index contributed by atoms with van der Waals surface area (Å²) in [6, 6.07) is 35.7. The summed E-state index contributed by atoms with van der Waals surface area (Å²) < 4.78 is 14.6. The minimum Gasteiger partial charge on any atom is -0.312 e. The van der Waals surface area contributed by atoms with Crippen LogP contribution in [0.4, 0.5) is 17.1 Å². The molecule has 0 amide bonds. The van der Waals surface area contributed by atoms with Crippen LogP contribution in [-0.4, -0.2) is 16.9 Å². The Balaban J connectivity index is 1.52. The van der Waals surface area contributed by atoms with E-state index in [0.29, 0.717) is 17.8 Å². The van der Waals surface area contributed by atoms with Crippen LogP contribution in [0.3, 0.4) is 0 Å². The summed E-state index contributed by atoms with van der Waals surface area (Å²) >= 11 is 0. The van der Waals surface area contributed by atoms with Crippen LogP contribution in [-0.2, 0) is 10.7 Å². The van der Waals surface area contributed by atoms with Crippen molar-refractivity contribution in [3.63, 3.8) is 0 Å². The molecule has 0 N–H and O–H groups in total. The van der Waals surface area contributed by atoms with Gasteiger partial charge in [0.05, 0.1) is 0 Å². The van der Waals surface area contributed by atoms with E-state index in [9.17, 15) is 4.21 Å². The number of hydrogen-bond donors (Lipinski definition) is 0. The maximum Gasteiger partial charge on any atom is 0.328 e. The Morgan fingerprint density at radius 1 is 0.591 bits per heavy atom. The van der Waals surface area contributed by atoms with Gasteiger partial charge in [0, 0.05) is 32.6 Å². The molecule has 0 bridgehead atoms. The Bertz CT molecular complexity index is 1980. The van der Waals surface area contributed by atoms with E-state index in [1.54, 1.807) is 0 Å². The van der Waals surface area contributed by atoms with Crippen molar-refractivity contribution in [2.45, 2.75) is 64.2 Å². The van der Waals surface area contributed by atoms with E-state index < -0.39 is 10.7 Å². The highest BCUT2D eigenvalue weighted by atomic mass is 32.2. The zero-order valence-electron chi connectivity index (χ0n) is 26.4. The van der Waals surface area contributed by atoms with Gasteiger partial charge in [-0.05, 0) is 85.6 Å². The first-order valence-electron chi connectivity index (χ1n) is 16.1. The van der Waals surface area contributed by atoms with Gasteiger partial charge in [-0.2, -0.15) is 0 Å². The summed E-state index contributed by atoms with van der Waals surface area (Å²) in [6.07, 6.45) is 0. The molecule has 0 saturated carbocycles. The van der Waals surface area contributed by atoms with Gasteiger partial charge in [-0.25, -0.2) is 0 Å². The fourth-order valence-corrected chi connectivity index (χ4v) is 9.76. The van der Waals surface area contributed by atoms with Crippen LogP contribution >= 0.6 is 0 Å². The second-order valence-electron chi connectivity index (χ2n) is 13.6. The third kappa shape index (κ3) is 3.78. The number of nitrogens with zero attached hydrogens (tertiary/aromatic N) is 1. The Kier molecular flexibility index (Phi) is 6.36. The summed E-state index contributed by atoms with van der Waals surface area (Å²) in [6.45, 7) is 14.1. The SMILES string of the molecule is CC(C)c1cc(C(C)C)c(B2c3ccccc3N3c4ccccc4B4c5c(ccc2c53)-c2ccccc2S4=O)c(C(C)C)c1. The molecule has 0 aromatic heterocycles. The zero-order valence-corrected chi connectivity index (χ0v) is 27.2. The second kappa shape index (κ2) is 10.1. The second-order valence-corrected chi connectivity index (χ2v) is 15.1. The topological polar surface area (TPSA) is 20.3 Å².